The van der Waals surface area contributed by atoms with Gasteiger partial charge < -0.3 is 10.2 Å². The molecule has 0 radical (unpaired) electrons. The van der Waals surface area contributed by atoms with Crippen LogP contribution in [0.5, 0.6) is 11.5 Å². The monoisotopic (exact) mass is 334 g/mol. The van der Waals surface area contributed by atoms with Crippen LogP contribution in [0, 0.1) is 41.5 Å². The van der Waals surface area contributed by atoms with E-state index < -0.39 is 9.84 Å². The summed E-state index contributed by atoms with van der Waals surface area (Å²) in [5.74, 6) is -0.0184. The fourth-order valence-corrected chi connectivity index (χ4v) is 4.99. The lowest BCUT2D eigenvalue weighted by molar-refractivity contribution is 0.462. The van der Waals surface area contributed by atoms with E-state index in [1.165, 1.54) is 0 Å². The fourth-order valence-electron chi connectivity index (χ4n) is 2.96. The Balaban J connectivity index is 2.88. The van der Waals surface area contributed by atoms with Crippen LogP contribution >= 0.6 is 0 Å². The molecule has 0 bridgehead atoms. The van der Waals surface area contributed by atoms with Crippen molar-refractivity contribution >= 4 is 9.84 Å². The van der Waals surface area contributed by atoms with E-state index in [4.69, 9.17) is 0 Å². The van der Waals surface area contributed by atoms with Crippen molar-refractivity contribution in [3.63, 3.8) is 0 Å². The Morgan fingerprint density at radius 1 is 0.696 bits per heavy atom. The van der Waals surface area contributed by atoms with Crippen molar-refractivity contribution in [1.29, 1.82) is 0 Å². The van der Waals surface area contributed by atoms with Gasteiger partial charge in [0.25, 0.3) is 0 Å². The molecule has 0 aliphatic heterocycles. The number of hydrogen-bond donors (Lipinski definition) is 2. The molecule has 2 rings (SSSR count). The standard InChI is InChI=1S/C18H22O4S/c1-9-8-15(13(5)17(20)12(9)4)23(21,22)18-11(3)7-10(2)16(19)14(18)6/h7-8,19-20H,1-6H3. The normalized spacial score (nSPS) is 11.7. The van der Waals surface area contributed by atoms with Crippen LogP contribution in [-0.4, -0.2) is 18.6 Å². The van der Waals surface area contributed by atoms with Gasteiger partial charge in [0, 0.05) is 11.1 Å². The maximum atomic E-state index is 13.2. The lowest BCUT2D eigenvalue weighted by atomic mass is 10.1. The van der Waals surface area contributed by atoms with Crippen molar-refractivity contribution in [3.8, 4) is 11.5 Å². The first kappa shape index (κ1) is 17.3. The van der Waals surface area contributed by atoms with Gasteiger partial charge >= 0.3 is 0 Å². The summed E-state index contributed by atoms with van der Waals surface area (Å²) in [4.78, 5) is 0.180. The summed E-state index contributed by atoms with van der Waals surface area (Å²) >= 11 is 0. The Kier molecular flexibility index (Phi) is 4.20. The molecule has 23 heavy (non-hydrogen) atoms. The van der Waals surface area contributed by atoms with E-state index in [0.717, 1.165) is 0 Å². The number of phenolic OH excluding ortho intramolecular Hbond substituents is 2. The third kappa shape index (κ3) is 2.59. The number of aromatic hydroxyl groups is 2. The van der Waals surface area contributed by atoms with E-state index in [0.29, 0.717) is 33.4 Å². The van der Waals surface area contributed by atoms with E-state index in [1.54, 1.807) is 53.7 Å². The van der Waals surface area contributed by atoms with Gasteiger partial charge in [0.2, 0.25) is 9.84 Å². The summed E-state index contributed by atoms with van der Waals surface area (Å²) in [6, 6.07) is 3.24. The van der Waals surface area contributed by atoms with E-state index in [2.05, 4.69) is 0 Å². The molecule has 0 saturated heterocycles. The quantitative estimate of drug-likeness (QED) is 0.876. The number of sulfone groups is 1. The molecule has 0 spiro atoms. The van der Waals surface area contributed by atoms with Crippen LogP contribution in [0.1, 0.15) is 33.4 Å². The van der Waals surface area contributed by atoms with Gasteiger partial charge in [0.05, 0.1) is 9.79 Å². The molecule has 0 atom stereocenters. The molecular weight excluding hydrogens is 312 g/mol. The Bertz CT molecular complexity index is 910. The van der Waals surface area contributed by atoms with E-state index in [9.17, 15) is 18.6 Å². The average Bonchev–Trinajstić information content (AvgIpc) is 2.46. The molecule has 4 nitrogen and oxygen atoms in total. The van der Waals surface area contributed by atoms with Gasteiger partial charge in [-0.2, -0.15) is 0 Å². The van der Waals surface area contributed by atoms with E-state index in [1.807, 2.05) is 0 Å². The van der Waals surface area contributed by atoms with Gasteiger partial charge in [-0.25, -0.2) is 8.42 Å². The zero-order valence-corrected chi connectivity index (χ0v) is 15.1. The average molecular weight is 334 g/mol. The van der Waals surface area contributed by atoms with Crippen LogP contribution in [-0.2, 0) is 9.84 Å². The fraction of sp³-hybridized carbons (Fsp3) is 0.333. The number of hydrogen-bond acceptors (Lipinski definition) is 4. The number of aryl methyl sites for hydroxylation is 3. The summed E-state index contributed by atoms with van der Waals surface area (Å²) in [6.45, 7) is 10.1. The largest absolute Gasteiger partial charge is 0.507 e. The third-order valence-corrected chi connectivity index (χ3v) is 6.61. The first-order chi connectivity index (χ1) is 10.5. The van der Waals surface area contributed by atoms with Gasteiger partial charge in [-0.3, -0.25) is 0 Å². The van der Waals surface area contributed by atoms with Crippen LogP contribution in [0.2, 0.25) is 0 Å². The molecular formula is C18H22O4S. The third-order valence-electron chi connectivity index (χ3n) is 4.44. The van der Waals surface area contributed by atoms with Crippen molar-refractivity contribution < 1.29 is 18.6 Å². The minimum Gasteiger partial charge on any atom is -0.507 e. The molecule has 0 fully saturated rings. The van der Waals surface area contributed by atoms with E-state index >= 15 is 0 Å². The molecule has 0 aliphatic carbocycles. The minimum absolute atomic E-state index is 0.00443. The molecule has 0 heterocycles. The lowest BCUT2D eigenvalue weighted by Crippen LogP contribution is -2.10. The number of rotatable bonds is 2. The molecule has 0 aromatic heterocycles. The maximum Gasteiger partial charge on any atom is 0.207 e. The summed E-state index contributed by atoms with van der Waals surface area (Å²) in [5, 5.41) is 20.3. The lowest BCUT2D eigenvalue weighted by Gasteiger charge is -2.17. The molecule has 2 aromatic rings. The molecule has 0 saturated carbocycles. The smallest absolute Gasteiger partial charge is 0.207 e. The first-order valence-corrected chi connectivity index (χ1v) is 8.83. The van der Waals surface area contributed by atoms with Crippen LogP contribution in [0.15, 0.2) is 21.9 Å². The Morgan fingerprint density at radius 3 is 1.83 bits per heavy atom. The van der Waals surface area contributed by atoms with Gasteiger partial charge in [0.15, 0.2) is 0 Å². The van der Waals surface area contributed by atoms with Gasteiger partial charge in [-0.15, -0.1) is 0 Å². The summed E-state index contributed by atoms with van der Waals surface area (Å²) < 4.78 is 26.3. The van der Waals surface area contributed by atoms with Gasteiger partial charge in [-0.05, 0) is 69.9 Å². The highest BCUT2D eigenvalue weighted by Crippen LogP contribution is 2.38. The Labute approximate surface area is 137 Å². The van der Waals surface area contributed by atoms with Crippen LogP contribution in [0.3, 0.4) is 0 Å². The van der Waals surface area contributed by atoms with Crippen molar-refractivity contribution in [2.24, 2.45) is 0 Å². The van der Waals surface area contributed by atoms with Crippen molar-refractivity contribution in [2.75, 3.05) is 0 Å². The second kappa shape index (κ2) is 5.57. The molecule has 5 heteroatoms. The predicted octanol–water partition coefficient (Wildman–Crippen LogP) is 3.78. The zero-order valence-electron chi connectivity index (χ0n) is 14.3. The maximum absolute atomic E-state index is 13.2. The van der Waals surface area contributed by atoms with Gasteiger partial charge in [0.1, 0.15) is 11.5 Å². The highest BCUT2D eigenvalue weighted by atomic mass is 32.2. The Morgan fingerprint density at radius 2 is 1.26 bits per heavy atom. The molecule has 0 amide bonds. The number of benzene rings is 2. The SMILES string of the molecule is Cc1cc(S(=O)(=O)c2c(C)cc(C)c(O)c2C)c(C)c(O)c1C. The zero-order chi connectivity index (χ0) is 17.7. The summed E-state index contributed by atoms with van der Waals surface area (Å²) in [5.41, 5.74) is 3.25. The van der Waals surface area contributed by atoms with Crippen molar-refractivity contribution in [2.45, 2.75) is 51.3 Å². The van der Waals surface area contributed by atoms with Crippen LogP contribution in [0.25, 0.3) is 0 Å². The molecule has 0 unspecified atom stereocenters. The van der Waals surface area contributed by atoms with Gasteiger partial charge in [-0.1, -0.05) is 6.07 Å². The minimum atomic E-state index is -3.85. The summed E-state index contributed by atoms with van der Waals surface area (Å²) in [6.07, 6.45) is 0. The Hall–Kier alpha value is -2.01. The second-order valence-electron chi connectivity index (χ2n) is 6.11. The topological polar surface area (TPSA) is 74.6 Å². The molecule has 2 aromatic carbocycles. The van der Waals surface area contributed by atoms with E-state index in [-0.39, 0.29) is 21.3 Å². The predicted molar refractivity (Wildman–Crippen MR) is 90.1 cm³/mol. The molecule has 2 N–H and O–H groups in total. The van der Waals surface area contributed by atoms with Crippen molar-refractivity contribution in [3.05, 3.63) is 45.5 Å². The molecule has 124 valence electrons. The van der Waals surface area contributed by atoms with Crippen LogP contribution < -0.4 is 0 Å². The van der Waals surface area contributed by atoms with Crippen molar-refractivity contribution in [1.82, 2.24) is 0 Å². The summed E-state index contributed by atoms with van der Waals surface area (Å²) in [7, 11) is -3.85. The second-order valence-corrected chi connectivity index (χ2v) is 7.96. The molecule has 0 aliphatic rings. The highest BCUT2D eigenvalue weighted by molar-refractivity contribution is 7.91. The van der Waals surface area contributed by atoms with Crippen LogP contribution in [0.4, 0.5) is 0 Å². The number of phenols is 2. The highest BCUT2D eigenvalue weighted by Gasteiger charge is 2.28. The first-order valence-electron chi connectivity index (χ1n) is 7.34.